The maximum Gasteiger partial charge on any atom is 0.322 e. The highest BCUT2D eigenvalue weighted by molar-refractivity contribution is 5.91. The Balaban J connectivity index is 1.63. The summed E-state index contributed by atoms with van der Waals surface area (Å²) in [7, 11) is 0. The summed E-state index contributed by atoms with van der Waals surface area (Å²) < 4.78 is 5.69. The summed E-state index contributed by atoms with van der Waals surface area (Å²) in [4.78, 5) is 31.5. The third kappa shape index (κ3) is 6.86. The second-order valence-electron chi connectivity index (χ2n) is 9.17. The predicted octanol–water partition coefficient (Wildman–Crippen LogP) is 4.05. The van der Waals surface area contributed by atoms with E-state index in [1.54, 1.807) is 6.92 Å². The van der Waals surface area contributed by atoms with Crippen LogP contribution in [-0.2, 0) is 4.79 Å². The van der Waals surface area contributed by atoms with Crippen molar-refractivity contribution in [1.29, 1.82) is 0 Å². The fourth-order valence-electron chi connectivity index (χ4n) is 4.73. The number of amides is 3. The van der Waals surface area contributed by atoms with E-state index in [9.17, 15) is 9.59 Å². The number of para-hydroxylation sites is 2. The van der Waals surface area contributed by atoms with Gasteiger partial charge in [0.2, 0.25) is 5.91 Å². The molecule has 178 valence electrons. The Morgan fingerprint density at radius 1 is 1.09 bits per heavy atom. The maximum absolute atomic E-state index is 13.4. The number of likely N-dealkylation sites (tertiary alicyclic amines) is 2. The van der Waals surface area contributed by atoms with E-state index in [2.05, 4.69) is 17.1 Å². The number of nitrogens with one attached hydrogen (secondary N) is 1. The van der Waals surface area contributed by atoms with Crippen LogP contribution in [0, 0.1) is 5.92 Å². The van der Waals surface area contributed by atoms with Crippen molar-refractivity contribution >= 4 is 17.6 Å². The van der Waals surface area contributed by atoms with Crippen molar-refractivity contribution < 1.29 is 14.3 Å². The van der Waals surface area contributed by atoms with Crippen molar-refractivity contribution in [3.63, 3.8) is 0 Å². The van der Waals surface area contributed by atoms with Crippen molar-refractivity contribution in [3.05, 3.63) is 24.3 Å². The number of hydrogen-bond donors (Lipinski definition) is 1. The second kappa shape index (κ2) is 12.1. The molecule has 0 radical (unpaired) electrons. The molecule has 0 unspecified atom stereocenters. The van der Waals surface area contributed by atoms with E-state index in [1.807, 2.05) is 41.0 Å². The summed E-state index contributed by atoms with van der Waals surface area (Å²) in [5.41, 5.74) is 0.704. The monoisotopic (exact) mass is 444 g/mol. The van der Waals surface area contributed by atoms with Crippen LogP contribution in [0.15, 0.2) is 24.3 Å². The Morgan fingerprint density at radius 3 is 2.44 bits per heavy atom. The van der Waals surface area contributed by atoms with E-state index in [1.165, 1.54) is 12.8 Å². The first-order valence-electron chi connectivity index (χ1n) is 12.2. The van der Waals surface area contributed by atoms with Gasteiger partial charge in [0.15, 0.2) is 0 Å². The van der Waals surface area contributed by atoms with Gasteiger partial charge in [-0.25, -0.2) is 4.79 Å². The molecule has 1 aromatic carbocycles. The molecule has 0 saturated carbocycles. The molecule has 0 spiro atoms. The largest absolute Gasteiger partial charge is 0.492 e. The lowest BCUT2D eigenvalue weighted by Gasteiger charge is -2.39. The van der Waals surface area contributed by atoms with Gasteiger partial charge >= 0.3 is 6.03 Å². The Bertz CT molecular complexity index is 740. The Kier molecular flexibility index (Phi) is 9.21. The fourth-order valence-corrected chi connectivity index (χ4v) is 4.73. The Labute approximate surface area is 193 Å². The average Bonchev–Trinajstić information content (AvgIpc) is 2.79. The van der Waals surface area contributed by atoms with Crippen LogP contribution in [0.2, 0.25) is 0 Å². The van der Waals surface area contributed by atoms with Crippen LogP contribution in [0.4, 0.5) is 10.5 Å². The summed E-state index contributed by atoms with van der Waals surface area (Å²) >= 11 is 0. The fraction of sp³-hybridized carbons (Fsp3) is 0.680. The molecule has 0 aromatic heterocycles. The van der Waals surface area contributed by atoms with Crippen molar-refractivity contribution in [3.8, 4) is 5.75 Å². The van der Waals surface area contributed by atoms with Gasteiger partial charge in [-0.2, -0.15) is 0 Å². The molecule has 1 N–H and O–H groups in total. The van der Waals surface area contributed by atoms with Crippen molar-refractivity contribution in [2.75, 3.05) is 51.2 Å². The molecule has 7 nitrogen and oxygen atoms in total. The predicted molar refractivity (Wildman–Crippen MR) is 128 cm³/mol. The van der Waals surface area contributed by atoms with Crippen molar-refractivity contribution in [1.82, 2.24) is 14.7 Å². The summed E-state index contributed by atoms with van der Waals surface area (Å²) in [6, 6.07) is 7.65. The van der Waals surface area contributed by atoms with Gasteiger partial charge in [0, 0.05) is 32.6 Å². The summed E-state index contributed by atoms with van der Waals surface area (Å²) in [5, 5.41) is 3.09. The SMILES string of the molecule is CCOc1ccccc1NC(=O)N(CCCN1CCC(C)CC1)C1CCN(C(C)=O)CC1. The van der Waals surface area contributed by atoms with Crippen LogP contribution in [0.25, 0.3) is 0 Å². The van der Waals surface area contributed by atoms with E-state index < -0.39 is 0 Å². The van der Waals surface area contributed by atoms with Crippen LogP contribution in [0.1, 0.15) is 52.9 Å². The molecule has 2 saturated heterocycles. The minimum absolute atomic E-state index is 0.0781. The van der Waals surface area contributed by atoms with Crippen LogP contribution < -0.4 is 10.1 Å². The van der Waals surface area contributed by atoms with Gasteiger partial charge in [-0.1, -0.05) is 19.1 Å². The topological polar surface area (TPSA) is 65.1 Å². The molecule has 2 heterocycles. The number of anilines is 1. The van der Waals surface area contributed by atoms with E-state index in [0.29, 0.717) is 31.1 Å². The lowest BCUT2D eigenvalue weighted by Crippen LogP contribution is -2.50. The highest BCUT2D eigenvalue weighted by atomic mass is 16.5. The number of piperidine rings is 2. The van der Waals surface area contributed by atoms with Crippen LogP contribution >= 0.6 is 0 Å². The molecule has 7 heteroatoms. The molecular weight excluding hydrogens is 404 g/mol. The smallest absolute Gasteiger partial charge is 0.322 e. The van der Waals surface area contributed by atoms with Crippen LogP contribution in [0.3, 0.4) is 0 Å². The molecule has 0 atom stereocenters. The molecule has 3 rings (SSSR count). The molecule has 3 amide bonds. The number of carbonyl (C=O) groups excluding carboxylic acids is 2. The highest BCUT2D eigenvalue weighted by Gasteiger charge is 2.29. The Hall–Kier alpha value is -2.28. The zero-order valence-corrected chi connectivity index (χ0v) is 20.0. The van der Waals surface area contributed by atoms with E-state index in [-0.39, 0.29) is 18.0 Å². The van der Waals surface area contributed by atoms with Gasteiger partial charge in [0.05, 0.1) is 12.3 Å². The number of rotatable bonds is 8. The molecule has 2 fully saturated rings. The first kappa shape index (κ1) is 24.4. The minimum Gasteiger partial charge on any atom is -0.492 e. The van der Waals surface area contributed by atoms with Crippen molar-refractivity contribution in [2.45, 2.75) is 58.9 Å². The third-order valence-corrected chi connectivity index (χ3v) is 6.79. The summed E-state index contributed by atoms with van der Waals surface area (Å²) in [6.07, 6.45) is 5.13. The van der Waals surface area contributed by atoms with Gasteiger partial charge in [-0.05, 0) is 76.7 Å². The third-order valence-electron chi connectivity index (χ3n) is 6.79. The first-order chi connectivity index (χ1) is 15.5. The van der Waals surface area contributed by atoms with E-state index in [0.717, 1.165) is 51.4 Å². The lowest BCUT2D eigenvalue weighted by atomic mass is 9.99. The number of carbonyl (C=O) groups is 2. The van der Waals surface area contributed by atoms with E-state index >= 15 is 0 Å². The van der Waals surface area contributed by atoms with Crippen LogP contribution in [-0.4, -0.2) is 78.6 Å². The molecule has 2 aliphatic heterocycles. The zero-order chi connectivity index (χ0) is 22.9. The van der Waals surface area contributed by atoms with Gasteiger partial charge in [0.1, 0.15) is 5.75 Å². The standard InChI is InChI=1S/C25H40N4O3/c1-4-32-24-9-6-5-8-23(24)26-25(31)29(22-12-18-28(19-13-22)21(3)30)15-7-14-27-16-10-20(2)11-17-27/h5-6,8-9,20,22H,4,7,10-19H2,1-3H3,(H,26,31). The van der Waals surface area contributed by atoms with Crippen LogP contribution in [0.5, 0.6) is 5.75 Å². The first-order valence-corrected chi connectivity index (χ1v) is 12.2. The quantitative estimate of drug-likeness (QED) is 0.657. The zero-order valence-electron chi connectivity index (χ0n) is 20.0. The van der Waals surface area contributed by atoms with E-state index in [4.69, 9.17) is 4.74 Å². The number of hydrogen-bond acceptors (Lipinski definition) is 4. The number of urea groups is 1. The maximum atomic E-state index is 13.4. The molecule has 0 aliphatic carbocycles. The number of ether oxygens (including phenoxy) is 1. The van der Waals surface area contributed by atoms with Crippen molar-refractivity contribution in [2.24, 2.45) is 5.92 Å². The molecule has 0 bridgehead atoms. The summed E-state index contributed by atoms with van der Waals surface area (Å²) in [6.45, 7) is 11.9. The normalized spacial score (nSPS) is 18.4. The van der Waals surface area contributed by atoms with Gasteiger partial charge < -0.3 is 24.8 Å². The second-order valence-corrected chi connectivity index (χ2v) is 9.17. The van der Waals surface area contributed by atoms with Gasteiger partial charge in [-0.3, -0.25) is 4.79 Å². The lowest BCUT2D eigenvalue weighted by molar-refractivity contribution is -0.130. The van der Waals surface area contributed by atoms with Gasteiger partial charge in [-0.15, -0.1) is 0 Å². The molecule has 2 aliphatic rings. The average molecular weight is 445 g/mol. The number of benzene rings is 1. The molecule has 1 aromatic rings. The Morgan fingerprint density at radius 2 is 1.78 bits per heavy atom. The molecule has 32 heavy (non-hydrogen) atoms. The molecular formula is C25H40N4O3. The van der Waals surface area contributed by atoms with Gasteiger partial charge in [0.25, 0.3) is 0 Å². The summed E-state index contributed by atoms with van der Waals surface area (Å²) in [5.74, 6) is 1.63. The minimum atomic E-state index is -0.0781. The number of nitrogens with zero attached hydrogens (tertiary/aromatic N) is 3. The highest BCUT2D eigenvalue weighted by Crippen LogP contribution is 2.25.